The van der Waals surface area contributed by atoms with Crippen molar-refractivity contribution in [2.45, 2.75) is 71.3 Å². The molecule has 1 unspecified atom stereocenters. The van der Waals surface area contributed by atoms with Gasteiger partial charge in [-0.3, -0.25) is 9.78 Å². The van der Waals surface area contributed by atoms with Crippen molar-refractivity contribution >= 4 is 5.97 Å². The molecule has 4 aromatic rings. The van der Waals surface area contributed by atoms with Gasteiger partial charge in [-0.2, -0.15) is 5.10 Å². The topological polar surface area (TPSA) is 88.0 Å². The molecule has 6 heteroatoms. The summed E-state index contributed by atoms with van der Waals surface area (Å²) in [6.45, 7) is 8.64. The Hall–Kier alpha value is -3.93. The SMILES string of the molecule is CC(Cc1ccc(C(C)(C)C)cc1)n1nc(CCCc2cccc(-c3ccc(CC(=O)O)cc3)c2)[nH]c1=O. The quantitative estimate of drug-likeness (QED) is 0.268. The van der Waals surface area contributed by atoms with Gasteiger partial charge in [-0.15, -0.1) is 0 Å². The molecule has 0 saturated heterocycles. The second-order valence-corrected chi connectivity index (χ2v) is 11.1. The van der Waals surface area contributed by atoms with Crippen LogP contribution in [-0.2, 0) is 35.9 Å². The van der Waals surface area contributed by atoms with Crippen LogP contribution < -0.4 is 5.69 Å². The number of carbonyl (C=O) groups is 1. The lowest BCUT2D eigenvalue weighted by Crippen LogP contribution is -2.23. The number of hydrogen-bond donors (Lipinski definition) is 2. The Morgan fingerprint density at radius 3 is 2.26 bits per heavy atom. The number of hydrogen-bond acceptors (Lipinski definition) is 3. The number of H-pyrrole nitrogens is 1. The molecule has 0 bridgehead atoms. The number of rotatable bonds is 10. The lowest BCUT2D eigenvalue weighted by Gasteiger charge is -2.19. The van der Waals surface area contributed by atoms with Crippen molar-refractivity contribution in [1.29, 1.82) is 0 Å². The maximum Gasteiger partial charge on any atom is 0.343 e. The molecule has 3 aromatic carbocycles. The second kappa shape index (κ2) is 11.6. The molecular formula is C32H37N3O3. The largest absolute Gasteiger partial charge is 0.481 e. The first kappa shape index (κ1) is 27.1. The first-order valence-corrected chi connectivity index (χ1v) is 13.3. The molecule has 2 N–H and O–H groups in total. The number of aromatic nitrogens is 3. The zero-order chi connectivity index (χ0) is 27.3. The fourth-order valence-electron chi connectivity index (χ4n) is 4.72. The minimum Gasteiger partial charge on any atom is -0.481 e. The van der Waals surface area contributed by atoms with Gasteiger partial charge in [0.25, 0.3) is 0 Å². The fraction of sp³-hybridized carbons (Fsp3) is 0.344. The number of aryl methyl sites for hydroxylation is 2. The van der Waals surface area contributed by atoms with E-state index in [0.717, 1.165) is 41.8 Å². The van der Waals surface area contributed by atoms with Crippen LogP contribution >= 0.6 is 0 Å². The summed E-state index contributed by atoms with van der Waals surface area (Å²) in [5.74, 6) is -0.110. The van der Waals surface area contributed by atoms with Crippen molar-refractivity contribution in [1.82, 2.24) is 14.8 Å². The molecule has 198 valence electrons. The summed E-state index contributed by atoms with van der Waals surface area (Å²) < 4.78 is 1.57. The Balaban J connectivity index is 1.33. The van der Waals surface area contributed by atoms with Crippen LogP contribution in [-0.4, -0.2) is 25.8 Å². The van der Waals surface area contributed by atoms with Gasteiger partial charge in [0.15, 0.2) is 0 Å². The number of carboxylic acids is 1. The van der Waals surface area contributed by atoms with Gasteiger partial charge in [0.05, 0.1) is 12.5 Å². The van der Waals surface area contributed by atoms with E-state index in [2.05, 4.69) is 73.3 Å². The molecule has 0 aliphatic carbocycles. The molecule has 0 radical (unpaired) electrons. The standard InChI is InChI=1S/C32H37N3O3/c1-22(19-24-13-17-28(18-14-24)32(2,3)4)35-31(38)33-29(34-35)10-6-8-23-7-5-9-27(20-23)26-15-11-25(12-16-26)21-30(36)37/h5,7,9,11-18,20,22H,6,8,10,19,21H2,1-4H3,(H,36,37)(H,33,34,38). The predicted octanol–water partition coefficient (Wildman–Crippen LogP) is 6.14. The van der Waals surface area contributed by atoms with E-state index in [1.54, 1.807) is 4.68 Å². The molecule has 4 rings (SSSR count). The van der Waals surface area contributed by atoms with Gasteiger partial charge in [-0.1, -0.05) is 93.6 Å². The Labute approximate surface area is 224 Å². The highest BCUT2D eigenvalue weighted by Crippen LogP contribution is 2.24. The van der Waals surface area contributed by atoms with Gasteiger partial charge < -0.3 is 5.11 Å². The molecule has 0 saturated carbocycles. The van der Waals surface area contributed by atoms with Crippen LogP contribution in [0.2, 0.25) is 0 Å². The molecule has 0 fully saturated rings. The minimum atomic E-state index is -0.828. The van der Waals surface area contributed by atoms with Crippen molar-refractivity contribution in [3.63, 3.8) is 0 Å². The third-order valence-corrected chi connectivity index (χ3v) is 6.90. The molecule has 1 aromatic heterocycles. The summed E-state index contributed by atoms with van der Waals surface area (Å²) in [5, 5.41) is 13.6. The maximum absolute atomic E-state index is 12.6. The average Bonchev–Trinajstić information content (AvgIpc) is 3.24. The van der Waals surface area contributed by atoms with Crippen LogP contribution in [0.5, 0.6) is 0 Å². The van der Waals surface area contributed by atoms with E-state index in [0.29, 0.717) is 6.42 Å². The lowest BCUT2D eigenvalue weighted by atomic mass is 9.86. The number of aromatic amines is 1. The smallest absolute Gasteiger partial charge is 0.343 e. The average molecular weight is 512 g/mol. The second-order valence-electron chi connectivity index (χ2n) is 11.1. The van der Waals surface area contributed by atoms with E-state index in [1.807, 2.05) is 37.3 Å². The van der Waals surface area contributed by atoms with Gasteiger partial charge >= 0.3 is 11.7 Å². The normalized spacial score (nSPS) is 12.4. The van der Waals surface area contributed by atoms with Gasteiger partial charge in [0.1, 0.15) is 5.82 Å². The Morgan fingerprint density at radius 1 is 0.921 bits per heavy atom. The van der Waals surface area contributed by atoms with Gasteiger partial charge in [-0.05, 0) is 65.0 Å². The van der Waals surface area contributed by atoms with Crippen LogP contribution in [0.1, 0.15) is 68.2 Å². The minimum absolute atomic E-state index is 0.0293. The number of nitrogens with one attached hydrogen (secondary N) is 1. The maximum atomic E-state index is 12.6. The first-order chi connectivity index (χ1) is 18.1. The van der Waals surface area contributed by atoms with Crippen molar-refractivity contribution in [2.24, 2.45) is 0 Å². The van der Waals surface area contributed by atoms with Crippen LogP contribution in [0.25, 0.3) is 11.1 Å². The molecule has 0 aliphatic heterocycles. The molecule has 1 heterocycles. The van der Waals surface area contributed by atoms with Crippen LogP contribution in [0.4, 0.5) is 0 Å². The third-order valence-electron chi connectivity index (χ3n) is 6.90. The summed E-state index contributed by atoms with van der Waals surface area (Å²) in [5.41, 5.74) is 6.62. The van der Waals surface area contributed by atoms with Crippen LogP contribution in [0, 0.1) is 0 Å². The Kier molecular flexibility index (Phi) is 8.30. The van der Waals surface area contributed by atoms with E-state index in [9.17, 15) is 9.59 Å². The van der Waals surface area contributed by atoms with E-state index in [-0.39, 0.29) is 23.6 Å². The summed E-state index contributed by atoms with van der Waals surface area (Å²) in [7, 11) is 0. The molecule has 0 spiro atoms. The molecule has 1 atom stereocenters. The highest BCUT2D eigenvalue weighted by Gasteiger charge is 2.15. The summed E-state index contributed by atoms with van der Waals surface area (Å²) in [6.07, 6.45) is 3.22. The number of nitrogens with zero attached hydrogens (tertiary/aromatic N) is 2. The van der Waals surface area contributed by atoms with Crippen LogP contribution in [0.15, 0.2) is 77.6 Å². The van der Waals surface area contributed by atoms with Gasteiger partial charge in [0.2, 0.25) is 0 Å². The zero-order valence-corrected chi connectivity index (χ0v) is 22.7. The fourth-order valence-corrected chi connectivity index (χ4v) is 4.72. The van der Waals surface area contributed by atoms with Crippen molar-refractivity contribution in [3.05, 3.63) is 111 Å². The zero-order valence-electron chi connectivity index (χ0n) is 22.7. The van der Waals surface area contributed by atoms with E-state index >= 15 is 0 Å². The van der Waals surface area contributed by atoms with E-state index in [4.69, 9.17) is 5.11 Å². The third kappa shape index (κ3) is 7.09. The number of carboxylic acid groups (broad SMARTS) is 1. The highest BCUT2D eigenvalue weighted by molar-refractivity contribution is 5.71. The monoisotopic (exact) mass is 511 g/mol. The van der Waals surface area contributed by atoms with Gasteiger partial charge in [-0.25, -0.2) is 9.48 Å². The number of aliphatic carboxylic acids is 1. The lowest BCUT2D eigenvalue weighted by molar-refractivity contribution is -0.136. The van der Waals surface area contributed by atoms with E-state index in [1.165, 1.54) is 16.7 Å². The van der Waals surface area contributed by atoms with Gasteiger partial charge in [0, 0.05) is 6.42 Å². The Bertz CT molecular complexity index is 1420. The summed E-state index contributed by atoms with van der Waals surface area (Å²) in [6, 6.07) is 24.6. The highest BCUT2D eigenvalue weighted by atomic mass is 16.4. The number of benzene rings is 3. The molecule has 0 aliphatic rings. The van der Waals surface area contributed by atoms with Crippen molar-refractivity contribution in [2.75, 3.05) is 0 Å². The van der Waals surface area contributed by atoms with Crippen molar-refractivity contribution in [3.8, 4) is 11.1 Å². The Morgan fingerprint density at radius 2 is 1.61 bits per heavy atom. The summed E-state index contributed by atoms with van der Waals surface area (Å²) in [4.78, 5) is 26.4. The molecule has 0 amide bonds. The first-order valence-electron chi connectivity index (χ1n) is 13.3. The molecule has 38 heavy (non-hydrogen) atoms. The van der Waals surface area contributed by atoms with Crippen molar-refractivity contribution < 1.29 is 9.90 Å². The van der Waals surface area contributed by atoms with E-state index < -0.39 is 5.97 Å². The van der Waals surface area contributed by atoms with Crippen LogP contribution in [0.3, 0.4) is 0 Å². The summed E-state index contributed by atoms with van der Waals surface area (Å²) >= 11 is 0. The molecular weight excluding hydrogens is 474 g/mol. The molecule has 6 nitrogen and oxygen atoms in total. The predicted molar refractivity (Wildman–Crippen MR) is 152 cm³/mol.